The number of nitrogens with zero attached hydrogens (tertiary/aromatic N) is 1. The van der Waals surface area contributed by atoms with Crippen molar-refractivity contribution in [3.05, 3.63) is 59.7 Å². The van der Waals surface area contributed by atoms with Gasteiger partial charge in [0.25, 0.3) is 5.91 Å². The lowest BCUT2D eigenvalue weighted by atomic mass is 10.1. The van der Waals surface area contributed by atoms with E-state index in [9.17, 15) is 13.6 Å². The van der Waals surface area contributed by atoms with Crippen LogP contribution in [0.5, 0.6) is 11.5 Å². The molecule has 2 rings (SSSR count). The summed E-state index contributed by atoms with van der Waals surface area (Å²) in [6.07, 6.45) is 0. The molecule has 0 N–H and O–H groups in total. The SMILES string of the molecule is CCOc1ccc(CN(C)C(=O)c2cccc(OC(F)F)c2)cc1. The first-order chi connectivity index (χ1) is 11.5. The second kappa shape index (κ2) is 8.29. The van der Waals surface area contributed by atoms with Crippen LogP contribution in [-0.4, -0.2) is 31.1 Å². The highest BCUT2D eigenvalue weighted by atomic mass is 19.3. The summed E-state index contributed by atoms with van der Waals surface area (Å²) in [6, 6.07) is 13.2. The maximum atomic E-state index is 12.4. The first kappa shape index (κ1) is 17.7. The molecule has 0 saturated heterocycles. The van der Waals surface area contributed by atoms with Crippen LogP contribution >= 0.6 is 0 Å². The van der Waals surface area contributed by atoms with Gasteiger partial charge in [0, 0.05) is 19.2 Å². The Morgan fingerprint density at radius 1 is 1.12 bits per heavy atom. The predicted molar refractivity (Wildman–Crippen MR) is 86.5 cm³/mol. The fourth-order valence-corrected chi connectivity index (χ4v) is 2.23. The van der Waals surface area contributed by atoms with E-state index in [0.717, 1.165) is 11.3 Å². The number of benzene rings is 2. The third-order valence-electron chi connectivity index (χ3n) is 3.31. The molecule has 1 amide bonds. The van der Waals surface area contributed by atoms with Gasteiger partial charge in [0.1, 0.15) is 11.5 Å². The summed E-state index contributed by atoms with van der Waals surface area (Å²) in [5, 5.41) is 0. The largest absolute Gasteiger partial charge is 0.494 e. The van der Waals surface area contributed by atoms with Crippen LogP contribution in [0.25, 0.3) is 0 Å². The van der Waals surface area contributed by atoms with Gasteiger partial charge in [-0.2, -0.15) is 8.78 Å². The van der Waals surface area contributed by atoms with Crippen molar-refractivity contribution in [1.82, 2.24) is 4.90 Å². The van der Waals surface area contributed by atoms with Crippen LogP contribution in [0.3, 0.4) is 0 Å². The maximum Gasteiger partial charge on any atom is 0.387 e. The molecule has 0 aromatic heterocycles. The molecule has 0 spiro atoms. The van der Waals surface area contributed by atoms with Crippen molar-refractivity contribution in [3.63, 3.8) is 0 Å². The minimum absolute atomic E-state index is 0.0367. The van der Waals surface area contributed by atoms with E-state index in [2.05, 4.69) is 4.74 Å². The first-order valence-electron chi connectivity index (χ1n) is 7.51. The second-order valence-corrected chi connectivity index (χ2v) is 5.14. The van der Waals surface area contributed by atoms with Gasteiger partial charge in [0.05, 0.1) is 6.61 Å². The molecule has 6 heteroatoms. The number of rotatable bonds is 7. The van der Waals surface area contributed by atoms with Crippen molar-refractivity contribution in [3.8, 4) is 11.5 Å². The Labute approximate surface area is 139 Å². The average molecular weight is 335 g/mol. The van der Waals surface area contributed by atoms with Gasteiger partial charge in [0.2, 0.25) is 0 Å². The molecule has 0 aliphatic carbocycles. The van der Waals surface area contributed by atoms with Crippen LogP contribution in [0.4, 0.5) is 8.78 Å². The van der Waals surface area contributed by atoms with Gasteiger partial charge in [-0.25, -0.2) is 0 Å². The predicted octanol–water partition coefficient (Wildman–Crippen LogP) is 3.96. The molecule has 0 bridgehead atoms. The molecule has 4 nitrogen and oxygen atoms in total. The maximum absolute atomic E-state index is 12.4. The van der Waals surface area contributed by atoms with E-state index in [1.807, 2.05) is 31.2 Å². The highest BCUT2D eigenvalue weighted by Crippen LogP contribution is 2.18. The Hall–Kier alpha value is -2.63. The van der Waals surface area contributed by atoms with E-state index in [1.54, 1.807) is 13.1 Å². The molecule has 128 valence electrons. The molecule has 0 radical (unpaired) electrons. The summed E-state index contributed by atoms with van der Waals surface area (Å²) in [5.41, 5.74) is 1.23. The fourth-order valence-electron chi connectivity index (χ4n) is 2.23. The molecule has 0 heterocycles. The zero-order valence-corrected chi connectivity index (χ0v) is 13.5. The summed E-state index contributed by atoms with van der Waals surface area (Å²) in [6.45, 7) is -0.0245. The van der Waals surface area contributed by atoms with E-state index in [-0.39, 0.29) is 11.7 Å². The van der Waals surface area contributed by atoms with Crippen molar-refractivity contribution in [2.24, 2.45) is 0 Å². The van der Waals surface area contributed by atoms with E-state index in [0.29, 0.717) is 18.7 Å². The number of hydrogen-bond acceptors (Lipinski definition) is 3. The van der Waals surface area contributed by atoms with E-state index < -0.39 is 6.61 Å². The van der Waals surface area contributed by atoms with Crippen molar-refractivity contribution in [1.29, 1.82) is 0 Å². The Morgan fingerprint density at radius 2 is 1.83 bits per heavy atom. The normalized spacial score (nSPS) is 10.5. The van der Waals surface area contributed by atoms with Crippen molar-refractivity contribution < 1.29 is 23.0 Å². The summed E-state index contributed by atoms with van der Waals surface area (Å²) < 4.78 is 34.2. The number of amides is 1. The van der Waals surface area contributed by atoms with E-state index in [4.69, 9.17) is 4.74 Å². The minimum Gasteiger partial charge on any atom is -0.494 e. The van der Waals surface area contributed by atoms with Crippen LogP contribution in [0, 0.1) is 0 Å². The zero-order chi connectivity index (χ0) is 17.5. The lowest BCUT2D eigenvalue weighted by Gasteiger charge is -2.18. The number of alkyl halides is 2. The van der Waals surface area contributed by atoms with Crippen molar-refractivity contribution in [2.45, 2.75) is 20.1 Å². The number of carbonyl (C=O) groups excluding carboxylic acids is 1. The number of halogens is 2. The van der Waals surface area contributed by atoms with Gasteiger partial charge in [0.15, 0.2) is 0 Å². The summed E-state index contributed by atoms with van der Waals surface area (Å²) in [7, 11) is 1.65. The minimum atomic E-state index is -2.92. The standard InChI is InChI=1S/C18H19F2NO3/c1-3-23-15-9-7-13(8-10-15)12-21(2)17(22)14-5-4-6-16(11-14)24-18(19)20/h4-11,18H,3,12H2,1-2H3. The molecule has 2 aromatic rings. The monoisotopic (exact) mass is 335 g/mol. The Kier molecular flexibility index (Phi) is 6.12. The highest BCUT2D eigenvalue weighted by Gasteiger charge is 2.14. The molecule has 0 aliphatic rings. The molecule has 0 fully saturated rings. The van der Waals surface area contributed by atoms with Crippen LogP contribution in [0.1, 0.15) is 22.8 Å². The van der Waals surface area contributed by atoms with Gasteiger partial charge in [-0.05, 0) is 42.8 Å². The molecule has 0 atom stereocenters. The van der Waals surface area contributed by atoms with Crippen molar-refractivity contribution >= 4 is 5.91 Å². The molecule has 0 aliphatic heterocycles. The van der Waals surface area contributed by atoms with Gasteiger partial charge >= 0.3 is 6.61 Å². The summed E-state index contributed by atoms with van der Waals surface area (Å²) in [5.74, 6) is 0.459. The molecule has 0 saturated carbocycles. The van der Waals surface area contributed by atoms with Crippen LogP contribution in [-0.2, 0) is 6.54 Å². The second-order valence-electron chi connectivity index (χ2n) is 5.14. The van der Waals surface area contributed by atoms with Gasteiger partial charge in [-0.1, -0.05) is 18.2 Å². The quantitative estimate of drug-likeness (QED) is 0.769. The van der Waals surface area contributed by atoms with Crippen molar-refractivity contribution in [2.75, 3.05) is 13.7 Å². The zero-order valence-electron chi connectivity index (χ0n) is 13.5. The molecule has 24 heavy (non-hydrogen) atoms. The number of carbonyl (C=O) groups is 1. The van der Waals surface area contributed by atoms with Crippen LogP contribution in [0.2, 0.25) is 0 Å². The van der Waals surface area contributed by atoms with Gasteiger partial charge in [-0.3, -0.25) is 4.79 Å². The first-order valence-corrected chi connectivity index (χ1v) is 7.51. The molecule has 2 aromatic carbocycles. The lowest BCUT2D eigenvalue weighted by Crippen LogP contribution is -2.26. The summed E-state index contributed by atoms with van der Waals surface area (Å²) in [4.78, 5) is 13.9. The van der Waals surface area contributed by atoms with Crippen LogP contribution in [0.15, 0.2) is 48.5 Å². The third kappa shape index (κ3) is 4.94. The lowest BCUT2D eigenvalue weighted by molar-refractivity contribution is -0.0499. The van der Waals surface area contributed by atoms with E-state index in [1.165, 1.54) is 23.1 Å². The molecular weight excluding hydrogens is 316 g/mol. The Morgan fingerprint density at radius 3 is 2.46 bits per heavy atom. The van der Waals surface area contributed by atoms with E-state index >= 15 is 0 Å². The Bertz CT molecular complexity index is 674. The van der Waals surface area contributed by atoms with Gasteiger partial charge in [-0.15, -0.1) is 0 Å². The number of hydrogen-bond donors (Lipinski definition) is 0. The smallest absolute Gasteiger partial charge is 0.387 e. The third-order valence-corrected chi connectivity index (χ3v) is 3.31. The Balaban J connectivity index is 2.03. The van der Waals surface area contributed by atoms with Gasteiger partial charge < -0.3 is 14.4 Å². The summed E-state index contributed by atoms with van der Waals surface area (Å²) >= 11 is 0. The number of ether oxygens (including phenoxy) is 2. The van der Waals surface area contributed by atoms with Crippen LogP contribution < -0.4 is 9.47 Å². The fraction of sp³-hybridized carbons (Fsp3) is 0.278. The molecular formula is C18H19F2NO3. The highest BCUT2D eigenvalue weighted by molar-refractivity contribution is 5.94. The molecule has 0 unspecified atom stereocenters. The average Bonchev–Trinajstić information content (AvgIpc) is 2.56. The topological polar surface area (TPSA) is 38.8 Å².